The van der Waals surface area contributed by atoms with Crippen LogP contribution in [-0.2, 0) is 9.84 Å². The van der Waals surface area contributed by atoms with Gasteiger partial charge in [0.15, 0.2) is 9.84 Å². The Balaban J connectivity index is 2.72. The van der Waals surface area contributed by atoms with Crippen molar-refractivity contribution >= 4 is 33.2 Å². The Hall–Kier alpha value is 0.550. The molecule has 0 aromatic heterocycles. The molecule has 0 aliphatic carbocycles. The molecule has 0 spiro atoms. The Labute approximate surface area is 95.1 Å². The normalized spacial score (nSPS) is 25.1. The molecular weight excluding hydrogens is 242 g/mol. The second kappa shape index (κ2) is 5.58. The van der Waals surface area contributed by atoms with Gasteiger partial charge in [-0.15, -0.1) is 11.6 Å². The lowest BCUT2D eigenvalue weighted by molar-refractivity contribution is 0.286. The first-order valence-corrected chi connectivity index (χ1v) is 8.11. The molecule has 0 bridgehead atoms. The van der Waals surface area contributed by atoms with E-state index in [1.807, 2.05) is 4.90 Å². The smallest absolute Gasteiger partial charge is 0.166 e. The Morgan fingerprint density at radius 3 is 2.86 bits per heavy atom. The summed E-state index contributed by atoms with van der Waals surface area (Å²) >= 11 is 7.36. The maximum Gasteiger partial charge on any atom is 0.166 e. The predicted molar refractivity (Wildman–Crippen MR) is 62.9 cm³/mol. The first-order valence-electron chi connectivity index (χ1n) is 4.71. The maximum absolute atomic E-state index is 11.7. The zero-order valence-electron chi connectivity index (χ0n) is 8.28. The molecule has 1 atom stereocenters. The van der Waals surface area contributed by atoms with Gasteiger partial charge in [-0.3, -0.25) is 4.90 Å². The molecule has 1 heterocycles. The minimum absolute atomic E-state index is 0.219. The molecule has 0 aromatic carbocycles. The molecule has 84 valence electrons. The summed E-state index contributed by atoms with van der Waals surface area (Å²) in [5.41, 5.74) is 0. The van der Waals surface area contributed by atoms with Crippen molar-refractivity contribution in [3.63, 3.8) is 0 Å². The summed E-state index contributed by atoms with van der Waals surface area (Å²) in [5.74, 6) is 2.41. The second-order valence-electron chi connectivity index (χ2n) is 3.21. The summed E-state index contributed by atoms with van der Waals surface area (Å²) in [6.45, 7) is 3.21. The topological polar surface area (TPSA) is 37.4 Å². The van der Waals surface area contributed by atoms with Gasteiger partial charge in [0, 0.05) is 36.2 Å². The number of thioether (sulfide) groups is 1. The molecule has 1 rings (SSSR count). The molecular formula is C8H16ClNO2S2. The molecule has 1 aliphatic rings. The number of rotatable bonds is 4. The van der Waals surface area contributed by atoms with E-state index in [4.69, 9.17) is 11.6 Å². The predicted octanol–water partition coefficient (Wildman–Crippen LogP) is 1.03. The van der Waals surface area contributed by atoms with E-state index in [1.165, 1.54) is 0 Å². The molecule has 1 saturated heterocycles. The van der Waals surface area contributed by atoms with E-state index in [0.717, 1.165) is 12.3 Å². The van der Waals surface area contributed by atoms with Crippen LogP contribution in [-0.4, -0.2) is 54.9 Å². The number of sulfone groups is 1. The quantitative estimate of drug-likeness (QED) is 0.706. The number of hydrogen-bond acceptors (Lipinski definition) is 4. The van der Waals surface area contributed by atoms with E-state index in [1.54, 1.807) is 18.7 Å². The monoisotopic (exact) mass is 257 g/mol. The zero-order chi connectivity index (χ0) is 10.6. The molecule has 1 aliphatic heterocycles. The van der Waals surface area contributed by atoms with Crippen LogP contribution in [0.5, 0.6) is 0 Å². The fraction of sp³-hybridized carbons (Fsp3) is 1.00. The lowest BCUT2D eigenvalue weighted by Crippen LogP contribution is -2.48. The van der Waals surface area contributed by atoms with Gasteiger partial charge in [0.2, 0.25) is 0 Å². The van der Waals surface area contributed by atoms with E-state index < -0.39 is 9.84 Å². The molecule has 0 amide bonds. The van der Waals surface area contributed by atoms with Crippen LogP contribution in [0.25, 0.3) is 0 Å². The van der Waals surface area contributed by atoms with Crippen LogP contribution in [0.1, 0.15) is 6.92 Å². The number of hydrogen-bond donors (Lipinski definition) is 0. The third-order valence-electron chi connectivity index (χ3n) is 2.38. The van der Waals surface area contributed by atoms with Crippen LogP contribution in [0, 0.1) is 0 Å². The van der Waals surface area contributed by atoms with E-state index >= 15 is 0 Å². The van der Waals surface area contributed by atoms with Gasteiger partial charge in [0.1, 0.15) is 5.37 Å². The summed E-state index contributed by atoms with van der Waals surface area (Å²) in [6, 6.07) is 0. The van der Waals surface area contributed by atoms with Gasteiger partial charge in [0.05, 0.1) is 0 Å². The molecule has 1 fully saturated rings. The molecule has 0 saturated carbocycles. The van der Waals surface area contributed by atoms with Crippen LogP contribution < -0.4 is 0 Å². The van der Waals surface area contributed by atoms with Crippen molar-refractivity contribution in [1.29, 1.82) is 0 Å². The van der Waals surface area contributed by atoms with Crippen molar-refractivity contribution in [2.75, 3.05) is 36.2 Å². The van der Waals surface area contributed by atoms with Gasteiger partial charge in [-0.2, -0.15) is 11.8 Å². The number of nitrogens with zero attached hydrogens (tertiary/aromatic N) is 1. The van der Waals surface area contributed by atoms with E-state index in [-0.39, 0.29) is 11.1 Å². The Kier molecular flexibility index (Phi) is 5.03. The largest absolute Gasteiger partial charge is 0.285 e. The Morgan fingerprint density at radius 2 is 2.29 bits per heavy atom. The summed E-state index contributed by atoms with van der Waals surface area (Å²) in [6.07, 6.45) is 0. The van der Waals surface area contributed by atoms with Crippen LogP contribution in [0.15, 0.2) is 0 Å². The lowest BCUT2D eigenvalue weighted by atomic mass is 10.5. The molecule has 0 N–H and O–H groups in total. The fourth-order valence-corrected chi connectivity index (χ4v) is 4.83. The van der Waals surface area contributed by atoms with E-state index in [9.17, 15) is 8.42 Å². The van der Waals surface area contributed by atoms with Gasteiger partial charge < -0.3 is 0 Å². The van der Waals surface area contributed by atoms with Gasteiger partial charge in [-0.25, -0.2) is 8.42 Å². The number of halogens is 1. The average molecular weight is 258 g/mol. The first-order chi connectivity index (χ1) is 6.61. The summed E-state index contributed by atoms with van der Waals surface area (Å²) < 4.78 is 23.5. The molecule has 6 heteroatoms. The Morgan fingerprint density at radius 1 is 1.57 bits per heavy atom. The minimum atomic E-state index is -2.95. The van der Waals surface area contributed by atoms with Crippen LogP contribution in [0.2, 0.25) is 0 Å². The SMILES string of the molecule is CCS(=O)(=O)C1CSCCN1CCCl. The Bertz CT molecular complexity index is 267. The maximum atomic E-state index is 11.7. The third kappa shape index (κ3) is 3.02. The molecule has 0 radical (unpaired) electrons. The highest BCUT2D eigenvalue weighted by molar-refractivity contribution is 8.01. The average Bonchev–Trinajstić information content (AvgIpc) is 2.19. The third-order valence-corrected chi connectivity index (χ3v) is 5.88. The minimum Gasteiger partial charge on any atom is -0.285 e. The van der Waals surface area contributed by atoms with Crippen molar-refractivity contribution in [2.24, 2.45) is 0 Å². The van der Waals surface area contributed by atoms with E-state index in [2.05, 4.69) is 0 Å². The van der Waals surface area contributed by atoms with Gasteiger partial charge >= 0.3 is 0 Å². The van der Waals surface area contributed by atoms with Crippen molar-refractivity contribution in [1.82, 2.24) is 4.90 Å². The summed E-state index contributed by atoms with van der Waals surface area (Å²) in [5, 5.41) is -0.315. The van der Waals surface area contributed by atoms with Gasteiger partial charge in [-0.05, 0) is 0 Å². The lowest BCUT2D eigenvalue weighted by Gasteiger charge is -2.33. The molecule has 1 unspecified atom stereocenters. The van der Waals surface area contributed by atoms with Crippen molar-refractivity contribution in [2.45, 2.75) is 12.3 Å². The highest BCUT2D eigenvalue weighted by atomic mass is 35.5. The summed E-state index contributed by atoms with van der Waals surface area (Å²) in [7, 11) is -2.95. The standard InChI is InChI=1S/C8H16ClNO2S2/c1-2-14(11,12)8-7-13-6-5-10(8)4-3-9/h8H,2-7H2,1H3. The number of alkyl halides is 1. The van der Waals surface area contributed by atoms with Crippen molar-refractivity contribution < 1.29 is 8.42 Å². The second-order valence-corrected chi connectivity index (χ2v) is 7.18. The molecule has 14 heavy (non-hydrogen) atoms. The highest BCUT2D eigenvalue weighted by Gasteiger charge is 2.31. The van der Waals surface area contributed by atoms with Crippen LogP contribution in [0.3, 0.4) is 0 Å². The fourth-order valence-electron chi connectivity index (χ4n) is 1.50. The first kappa shape index (κ1) is 12.6. The van der Waals surface area contributed by atoms with Gasteiger partial charge in [0.25, 0.3) is 0 Å². The van der Waals surface area contributed by atoms with Crippen LogP contribution >= 0.6 is 23.4 Å². The summed E-state index contributed by atoms with van der Waals surface area (Å²) in [4.78, 5) is 1.99. The van der Waals surface area contributed by atoms with Crippen molar-refractivity contribution in [3.8, 4) is 0 Å². The van der Waals surface area contributed by atoms with Crippen LogP contribution in [0.4, 0.5) is 0 Å². The van der Waals surface area contributed by atoms with Gasteiger partial charge in [-0.1, -0.05) is 6.92 Å². The van der Waals surface area contributed by atoms with Crippen molar-refractivity contribution in [3.05, 3.63) is 0 Å². The molecule has 3 nitrogen and oxygen atoms in total. The van der Waals surface area contributed by atoms with E-state index in [0.29, 0.717) is 18.2 Å². The molecule has 0 aromatic rings. The zero-order valence-corrected chi connectivity index (χ0v) is 10.7. The highest BCUT2D eigenvalue weighted by Crippen LogP contribution is 2.21.